The molecule has 3 N–H and O–H groups in total. The summed E-state index contributed by atoms with van der Waals surface area (Å²) in [5.41, 5.74) is 6.10. The summed E-state index contributed by atoms with van der Waals surface area (Å²) in [4.78, 5) is 12.3. The number of nitrogens with two attached hydrogens (primary N) is 1. The van der Waals surface area contributed by atoms with E-state index in [1.165, 1.54) is 12.8 Å². The molecule has 1 heterocycles. The van der Waals surface area contributed by atoms with E-state index in [-0.39, 0.29) is 18.3 Å². The lowest BCUT2D eigenvalue weighted by atomic mass is 9.90. The summed E-state index contributed by atoms with van der Waals surface area (Å²) >= 11 is 0. The topological polar surface area (TPSA) is 73.6 Å². The smallest absolute Gasteiger partial charge is 0.244 e. The molecule has 1 aromatic rings. The predicted molar refractivity (Wildman–Crippen MR) is 92.2 cm³/mol. The lowest BCUT2D eigenvalue weighted by molar-refractivity contribution is -0.124. The number of carbonyl (C=O) groups is 1. The molecule has 1 amide bonds. The van der Waals surface area contributed by atoms with Gasteiger partial charge in [-0.25, -0.2) is 0 Å². The van der Waals surface area contributed by atoms with Crippen molar-refractivity contribution in [3.63, 3.8) is 0 Å². The molecule has 2 fully saturated rings. The standard InChI is InChI=1S/C17H24N2O3.ClH/c18-17(9-11-21-12-10-17)16(20)19-13-5-7-15(8-6-13)22-14-3-1-2-4-14;/h5-8,14H,1-4,9-12,18H2,(H,19,20);1H. The molecule has 6 heteroatoms. The van der Waals surface area contributed by atoms with E-state index in [2.05, 4.69) is 5.32 Å². The molecule has 5 nitrogen and oxygen atoms in total. The fraction of sp³-hybridized carbons (Fsp3) is 0.588. The van der Waals surface area contributed by atoms with E-state index >= 15 is 0 Å². The molecular weight excluding hydrogens is 316 g/mol. The average Bonchev–Trinajstić information content (AvgIpc) is 3.03. The second-order valence-corrected chi connectivity index (χ2v) is 6.27. The van der Waals surface area contributed by atoms with E-state index in [9.17, 15) is 4.79 Å². The van der Waals surface area contributed by atoms with Crippen LogP contribution in [-0.4, -0.2) is 30.8 Å². The van der Waals surface area contributed by atoms with Crippen molar-refractivity contribution < 1.29 is 14.3 Å². The molecule has 0 atom stereocenters. The molecule has 1 saturated heterocycles. The van der Waals surface area contributed by atoms with Gasteiger partial charge >= 0.3 is 0 Å². The third-order valence-electron chi connectivity index (χ3n) is 4.55. The third-order valence-corrected chi connectivity index (χ3v) is 4.55. The van der Waals surface area contributed by atoms with Crippen LogP contribution in [0.1, 0.15) is 38.5 Å². The van der Waals surface area contributed by atoms with Crippen LogP contribution in [0.5, 0.6) is 5.75 Å². The van der Waals surface area contributed by atoms with E-state index in [0.29, 0.717) is 32.2 Å². The maximum atomic E-state index is 12.3. The van der Waals surface area contributed by atoms with Crippen molar-refractivity contribution in [2.75, 3.05) is 18.5 Å². The van der Waals surface area contributed by atoms with Crippen molar-refractivity contribution >= 4 is 24.0 Å². The zero-order valence-electron chi connectivity index (χ0n) is 13.3. The highest BCUT2D eigenvalue weighted by atomic mass is 35.5. The first kappa shape index (κ1) is 18.0. The first-order valence-electron chi connectivity index (χ1n) is 8.10. The van der Waals surface area contributed by atoms with Crippen molar-refractivity contribution in [2.24, 2.45) is 5.73 Å². The van der Waals surface area contributed by atoms with Crippen LogP contribution in [-0.2, 0) is 9.53 Å². The van der Waals surface area contributed by atoms with Crippen molar-refractivity contribution in [2.45, 2.75) is 50.2 Å². The number of benzene rings is 1. The molecule has 1 saturated carbocycles. The van der Waals surface area contributed by atoms with Gasteiger partial charge in [0.05, 0.1) is 6.10 Å². The maximum absolute atomic E-state index is 12.3. The van der Waals surface area contributed by atoms with Crippen molar-refractivity contribution in [1.29, 1.82) is 0 Å². The van der Waals surface area contributed by atoms with Gasteiger partial charge in [-0.05, 0) is 62.8 Å². The van der Waals surface area contributed by atoms with Gasteiger partial charge in [0.1, 0.15) is 11.3 Å². The van der Waals surface area contributed by atoms with Gasteiger partial charge < -0.3 is 20.5 Å². The molecule has 0 unspecified atom stereocenters. The number of hydrogen-bond acceptors (Lipinski definition) is 4. The van der Waals surface area contributed by atoms with Crippen molar-refractivity contribution in [1.82, 2.24) is 0 Å². The van der Waals surface area contributed by atoms with E-state index in [1.807, 2.05) is 24.3 Å². The second-order valence-electron chi connectivity index (χ2n) is 6.27. The largest absolute Gasteiger partial charge is 0.490 e. The molecule has 0 radical (unpaired) electrons. The van der Waals surface area contributed by atoms with Crippen LogP contribution in [0, 0.1) is 0 Å². The van der Waals surface area contributed by atoms with Gasteiger partial charge in [0.25, 0.3) is 0 Å². The summed E-state index contributed by atoms with van der Waals surface area (Å²) in [6.45, 7) is 1.08. The highest BCUT2D eigenvalue weighted by Gasteiger charge is 2.35. The van der Waals surface area contributed by atoms with Crippen molar-refractivity contribution in [3.05, 3.63) is 24.3 Å². The number of nitrogens with one attached hydrogen (secondary N) is 1. The Morgan fingerprint density at radius 1 is 1.17 bits per heavy atom. The molecule has 23 heavy (non-hydrogen) atoms. The molecule has 0 bridgehead atoms. The lowest BCUT2D eigenvalue weighted by Crippen LogP contribution is -2.54. The van der Waals surface area contributed by atoms with Crippen LogP contribution in [0.25, 0.3) is 0 Å². The quantitative estimate of drug-likeness (QED) is 0.883. The minimum Gasteiger partial charge on any atom is -0.490 e. The number of anilines is 1. The summed E-state index contributed by atoms with van der Waals surface area (Å²) < 4.78 is 11.2. The molecule has 1 aliphatic carbocycles. The Morgan fingerprint density at radius 2 is 1.78 bits per heavy atom. The van der Waals surface area contributed by atoms with Gasteiger partial charge in [0.15, 0.2) is 0 Å². The highest BCUT2D eigenvalue weighted by molar-refractivity contribution is 5.98. The first-order chi connectivity index (χ1) is 10.7. The van der Waals surface area contributed by atoms with Crippen molar-refractivity contribution in [3.8, 4) is 5.75 Å². The van der Waals surface area contributed by atoms with Crippen LogP contribution < -0.4 is 15.8 Å². The van der Waals surface area contributed by atoms with Crippen LogP contribution in [0.3, 0.4) is 0 Å². The highest BCUT2D eigenvalue weighted by Crippen LogP contribution is 2.26. The number of halogens is 1. The molecular formula is C17H25ClN2O3. The predicted octanol–water partition coefficient (Wildman–Crippen LogP) is 2.88. The van der Waals surface area contributed by atoms with Gasteiger partial charge in [0, 0.05) is 18.9 Å². The van der Waals surface area contributed by atoms with Gasteiger partial charge in [-0.3, -0.25) is 4.79 Å². The van der Waals surface area contributed by atoms with Crippen LogP contribution in [0.4, 0.5) is 5.69 Å². The summed E-state index contributed by atoms with van der Waals surface area (Å²) in [6, 6.07) is 7.54. The van der Waals surface area contributed by atoms with Crippen LogP contribution >= 0.6 is 12.4 Å². The normalized spacial score (nSPS) is 20.6. The Balaban J connectivity index is 0.00000192. The lowest BCUT2D eigenvalue weighted by Gasteiger charge is -2.31. The minimum atomic E-state index is -0.822. The molecule has 1 aliphatic heterocycles. The monoisotopic (exact) mass is 340 g/mol. The zero-order valence-corrected chi connectivity index (χ0v) is 14.1. The average molecular weight is 341 g/mol. The Labute approximate surface area is 143 Å². The van der Waals surface area contributed by atoms with Gasteiger partial charge in [0.2, 0.25) is 5.91 Å². The maximum Gasteiger partial charge on any atom is 0.244 e. The number of rotatable bonds is 4. The molecule has 2 aliphatic rings. The molecule has 128 valence electrons. The molecule has 1 aromatic carbocycles. The number of carbonyl (C=O) groups excluding carboxylic acids is 1. The molecule has 0 spiro atoms. The Hall–Kier alpha value is -1.30. The van der Waals surface area contributed by atoms with Gasteiger partial charge in [-0.2, -0.15) is 0 Å². The van der Waals surface area contributed by atoms with Crippen LogP contribution in [0.2, 0.25) is 0 Å². The van der Waals surface area contributed by atoms with E-state index in [0.717, 1.165) is 24.3 Å². The first-order valence-corrected chi connectivity index (χ1v) is 8.10. The number of ether oxygens (including phenoxy) is 2. The fourth-order valence-corrected chi connectivity index (χ4v) is 3.03. The van der Waals surface area contributed by atoms with E-state index in [1.54, 1.807) is 0 Å². The summed E-state index contributed by atoms with van der Waals surface area (Å²) in [5.74, 6) is 0.721. The van der Waals surface area contributed by atoms with E-state index < -0.39 is 5.54 Å². The van der Waals surface area contributed by atoms with Gasteiger partial charge in [-0.1, -0.05) is 0 Å². The Bertz CT molecular complexity index is 509. The van der Waals surface area contributed by atoms with Gasteiger partial charge in [-0.15, -0.1) is 12.4 Å². The summed E-state index contributed by atoms with van der Waals surface area (Å²) in [6.07, 6.45) is 6.23. The molecule has 0 aromatic heterocycles. The number of hydrogen-bond donors (Lipinski definition) is 2. The zero-order chi connectivity index (χ0) is 15.4. The number of amides is 1. The summed E-state index contributed by atoms with van der Waals surface area (Å²) in [7, 11) is 0. The second kappa shape index (κ2) is 7.99. The SMILES string of the molecule is Cl.NC1(C(=O)Nc2ccc(OC3CCCC3)cc2)CCOCC1. The third kappa shape index (κ3) is 4.59. The Morgan fingerprint density at radius 3 is 2.39 bits per heavy atom. The van der Waals surface area contributed by atoms with Crippen LogP contribution in [0.15, 0.2) is 24.3 Å². The fourth-order valence-electron chi connectivity index (χ4n) is 3.03. The van der Waals surface area contributed by atoms with E-state index in [4.69, 9.17) is 15.2 Å². The molecule has 3 rings (SSSR count). The minimum absolute atomic E-state index is 0. The summed E-state index contributed by atoms with van der Waals surface area (Å²) in [5, 5.41) is 2.90. The Kier molecular flexibility index (Phi) is 6.27.